The van der Waals surface area contributed by atoms with Gasteiger partial charge in [0.25, 0.3) is 0 Å². The molecule has 2 rings (SSSR count). The zero-order valence-corrected chi connectivity index (χ0v) is 11.1. The molecule has 16 heavy (non-hydrogen) atoms. The first kappa shape index (κ1) is 12.8. The number of benzene rings is 1. The molecule has 0 atom stereocenters. The third kappa shape index (κ3) is 2.88. The van der Waals surface area contributed by atoms with Gasteiger partial charge in [-0.3, -0.25) is 0 Å². The van der Waals surface area contributed by atoms with E-state index in [0.717, 1.165) is 6.54 Å². The minimum Gasteiger partial charge on any atom is -0.371 e. The predicted octanol–water partition coefficient (Wildman–Crippen LogP) is 4.22. The molecule has 0 spiro atoms. The fraction of sp³-hybridized carbons (Fsp3) is 0.467. The Labute approximate surface area is 99.8 Å². The third-order valence-electron chi connectivity index (χ3n) is 2.76. The summed E-state index contributed by atoms with van der Waals surface area (Å²) in [6.45, 7) is 11.7. The Morgan fingerprint density at radius 3 is 2.50 bits per heavy atom. The molecule has 0 aliphatic carbocycles. The number of hydrogen-bond donors (Lipinski definition) is 0. The van der Waals surface area contributed by atoms with E-state index in [-0.39, 0.29) is 0 Å². The molecule has 0 unspecified atom stereocenters. The molecular weight excluding hydrogens is 194 g/mol. The highest BCUT2D eigenvalue weighted by Gasteiger charge is 2.12. The largest absolute Gasteiger partial charge is 0.371 e. The lowest BCUT2D eigenvalue weighted by Crippen LogP contribution is -2.26. The van der Waals surface area contributed by atoms with Crippen molar-refractivity contribution in [3.8, 4) is 0 Å². The Balaban J connectivity index is 0.000000606. The molecule has 1 aliphatic rings. The Morgan fingerprint density at radius 1 is 1.19 bits per heavy atom. The fourth-order valence-electron chi connectivity index (χ4n) is 1.81. The van der Waals surface area contributed by atoms with E-state index in [1.165, 1.54) is 16.7 Å². The molecule has 0 aromatic heterocycles. The van der Waals surface area contributed by atoms with Gasteiger partial charge in [0.1, 0.15) is 0 Å². The topological polar surface area (TPSA) is 3.24 Å². The standard InChI is InChI=1S/C13H17N.C2H6/c1-10(2)14-7-6-12-5-4-11(3)8-13(12)9-14;1-2/h4-8,10H,9H2,1-3H3;1-2H3. The number of fused-ring (bicyclic) bond motifs is 1. The van der Waals surface area contributed by atoms with Crippen molar-refractivity contribution in [3.63, 3.8) is 0 Å². The Hall–Kier alpha value is -1.24. The van der Waals surface area contributed by atoms with E-state index in [9.17, 15) is 0 Å². The van der Waals surface area contributed by atoms with Gasteiger partial charge in [0.15, 0.2) is 0 Å². The van der Waals surface area contributed by atoms with Crippen LogP contribution < -0.4 is 0 Å². The summed E-state index contributed by atoms with van der Waals surface area (Å²) in [6, 6.07) is 7.25. The van der Waals surface area contributed by atoms with Crippen molar-refractivity contribution in [2.24, 2.45) is 0 Å². The van der Waals surface area contributed by atoms with Crippen LogP contribution in [0.2, 0.25) is 0 Å². The van der Waals surface area contributed by atoms with Gasteiger partial charge in [0, 0.05) is 18.8 Å². The summed E-state index contributed by atoms with van der Waals surface area (Å²) in [4.78, 5) is 2.36. The van der Waals surface area contributed by atoms with Crippen molar-refractivity contribution < 1.29 is 0 Å². The molecule has 1 heterocycles. The Bertz CT molecular complexity index is 364. The number of nitrogens with zero attached hydrogens (tertiary/aromatic N) is 1. The lowest BCUT2D eigenvalue weighted by atomic mass is 10.0. The minimum absolute atomic E-state index is 0.583. The Morgan fingerprint density at radius 2 is 1.88 bits per heavy atom. The zero-order valence-electron chi connectivity index (χ0n) is 11.1. The van der Waals surface area contributed by atoms with Crippen LogP contribution in [-0.2, 0) is 6.54 Å². The van der Waals surface area contributed by atoms with Gasteiger partial charge in [0.05, 0.1) is 0 Å². The second-order valence-corrected chi connectivity index (χ2v) is 4.28. The SMILES string of the molecule is CC.Cc1ccc2c(c1)CN(C(C)C)C=C2. The maximum atomic E-state index is 2.36. The van der Waals surface area contributed by atoms with Crippen molar-refractivity contribution in [2.45, 2.75) is 47.2 Å². The summed E-state index contributed by atoms with van der Waals surface area (Å²) >= 11 is 0. The molecule has 1 nitrogen and oxygen atoms in total. The van der Waals surface area contributed by atoms with Crippen LogP contribution >= 0.6 is 0 Å². The molecule has 1 heteroatoms. The van der Waals surface area contributed by atoms with Crippen LogP contribution in [-0.4, -0.2) is 10.9 Å². The van der Waals surface area contributed by atoms with Gasteiger partial charge in [0.2, 0.25) is 0 Å². The first-order valence-corrected chi connectivity index (χ1v) is 6.20. The van der Waals surface area contributed by atoms with Crippen molar-refractivity contribution in [1.29, 1.82) is 0 Å². The zero-order chi connectivity index (χ0) is 12.1. The van der Waals surface area contributed by atoms with Crippen LogP contribution in [0.3, 0.4) is 0 Å². The molecule has 0 N–H and O–H groups in total. The number of rotatable bonds is 1. The van der Waals surface area contributed by atoms with E-state index in [2.05, 4.69) is 56.1 Å². The lowest BCUT2D eigenvalue weighted by molar-refractivity contribution is 0.302. The first-order chi connectivity index (χ1) is 7.66. The summed E-state index contributed by atoms with van der Waals surface area (Å²) < 4.78 is 0. The van der Waals surface area contributed by atoms with E-state index in [1.54, 1.807) is 0 Å². The van der Waals surface area contributed by atoms with E-state index in [1.807, 2.05) is 13.8 Å². The van der Waals surface area contributed by atoms with Crippen LogP contribution in [0.4, 0.5) is 0 Å². The van der Waals surface area contributed by atoms with Crippen molar-refractivity contribution in [2.75, 3.05) is 0 Å². The smallest absolute Gasteiger partial charge is 0.0432 e. The molecule has 1 aromatic carbocycles. The fourth-order valence-corrected chi connectivity index (χ4v) is 1.81. The summed E-state index contributed by atoms with van der Waals surface area (Å²) in [6.07, 6.45) is 4.40. The quantitative estimate of drug-likeness (QED) is 0.681. The van der Waals surface area contributed by atoms with Gasteiger partial charge in [-0.05, 0) is 38.0 Å². The molecule has 0 saturated carbocycles. The van der Waals surface area contributed by atoms with Gasteiger partial charge < -0.3 is 4.90 Å². The second kappa shape index (κ2) is 5.74. The molecule has 0 bridgehead atoms. The molecule has 0 saturated heterocycles. The van der Waals surface area contributed by atoms with Gasteiger partial charge in [-0.15, -0.1) is 0 Å². The van der Waals surface area contributed by atoms with Crippen LogP contribution in [0.5, 0.6) is 0 Å². The van der Waals surface area contributed by atoms with E-state index < -0.39 is 0 Å². The van der Waals surface area contributed by atoms with Crippen molar-refractivity contribution >= 4 is 6.08 Å². The molecule has 88 valence electrons. The van der Waals surface area contributed by atoms with Crippen molar-refractivity contribution in [3.05, 3.63) is 41.1 Å². The average Bonchev–Trinajstić information content (AvgIpc) is 2.30. The number of hydrogen-bond acceptors (Lipinski definition) is 1. The van der Waals surface area contributed by atoms with Crippen LogP contribution in [0, 0.1) is 6.92 Å². The molecule has 0 fully saturated rings. The third-order valence-corrected chi connectivity index (χ3v) is 2.76. The summed E-state index contributed by atoms with van der Waals surface area (Å²) in [5.41, 5.74) is 4.16. The van der Waals surface area contributed by atoms with Gasteiger partial charge in [-0.2, -0.15) is 0 Å². The maximum absolute atomic E-state index is 2.36. The first-order valence-electron chi connectivity index (χ1n) is 6.20. The highest BCUT2D eigenvalue weighted by Crippen LogP contribution is 2.22. The van der Waals surface area contributed by atoms with Gasteiger partial charge in [-0.25, -0.2) is 0 Å². The van der Waals surface area contributed by atoms with Crippen molar-refractivity contribution in [1.82, 2.24) is 4.90 Å². The second-order valence-electron chi connectivity index (χ2n) is 4.28. The Kier molecular flexibility index (Phi) is 4.60. The number of aryl methyl sites for hydroxylation is 1. The van der Waals surface area contributed by atoms with E-state index >= 15 is 0 Å². The summed E-state index contributed by atoms with van der Waals surface area (Å²) in [7, 11) is 0. The maximum Gasteiger partial charge on any atom is 0.0432 e. The predicted molar refractivity (Wildman–Crippen MR) is 72.2 cm³/mol. The van der Waals surface area contributed by atoms with E-state index in [0.29, 0.717) is 6.04 Å². The van der Waals surface area contributed by atoms with Crippen LogP contribution in [0.15, 0.2) is 24.4 Å². The highest BCUT2D eigenvalue weighted by molar-refractivity contribution is 5.56. The average molecular weight is 217 g/mol. The van der Waals surface area contributed by atoms with Gasteiger partial charge >= 0.3 is 0 Å². The van der Waals surface area contributed by atoms with Crippen LogP contribution in [0.25, 0.3) is 6.08 Å². The summed E-state index contributed by atoms with van der Waals surface area (Å²) in [5, 5.41) is 0. The monoisotopic (exact) mass is 217 g/mol. The minimum atomic E-state index is 0.583. The van der Waals surface area contributed by atoms with Crippen LogP contribution in [0.1, 0.15) is 44.4 Å². The molecular formula is C15H23N. The molecule has 1 aliphatic heterocycles. The molecule has 0 amide bonds. The van der Waals surface area contributed by atoms with Gasteiger partial charge in [-0.1, -0.05) is 37.6 Å². The molecule has 1 aromatic rings. The lowest BCUT2D eigenvalue weighted by Gasteiger charge is -2.29. The highest BCUT2D eigenvalue weighted by atomic mass is 15.1. The van der Waals surface area contributed by atoms with E-state index in [4.69, 9.17) is 0 Å². The normalized spacial score (nSPS) is 13.2. The summed E-state index contributed by atoms with van der Waals surface area (Å²) in [5.74, 6) is 0. The molecule has 0 radical (unpaired) electrons.